The lowest BCUT2D eigenvalue weighted by molar-refractivity contribution is -0.152. The topological polar surface area (TPSA) is 46.5 Å². The molecular formula is C24H38O3. The van der Waals surface area contributed by atoms with Gasteiger partial charge in [-0.15, -0.1) is 0 Å². The first-order valence-electron chi connectivity index (χ1n) is 11.3. The highest BCUT2D eigenvalue weighted by Crippen LogP contribution is 2.66. The Morgan fingerprint density at radius 3 is 2.59 bits per heavy atom. The van der Waals surface area contributed by atoms with Crippen molar-refractivity contribution < 1.29 is 14.6 Å². The predicted octanol–water partition coefficient (Wildman–Crippen LogP) is 5.13. The van der Waals surface area contributed by atoms with Gasteiger partial charge in [-0.1, -0.05) is 32.4 Å². The molecule has 0 aromatic rings. The number of carbonyl (C=O) groups excluding carboxylic acids is 1. The summed E-state index contributed by atoms with van der Waals surface area (Å²) in [5.74, 6) is 3.05. The average molecular weight is 375 g/mol. The van der Waals surface area contributed by atoms with Gasteiger partial charge >= 0.3 is 5.97 Å². The summed E-state index contributed by atoms with van der Waals surface area (Å²) in [6.07, 6.45) is 12.4. The monoisotopic (exact) mass is 374 g/mol. The van der Waals surface area contributed by atoms with Gasteiger partial charge in [-0.25, -0.2) is 0 Å². The summed E-state index contributed by atoms with van der Waals surface area (Å²) in [7, 11) is 0. The Bertz CT molecular complexity index is 625. The third-order valence-corrected chi connectivity index (χ3v) is 9.41. The molecule has 0 saturated heterocycles. The molecule has 152 valence electrons. The Kier molecular flexibility index (Phi) is 4.98. The quantitative estimate of drug-likeness (QED) is 0.550. The van der Waals surface area contributed by atoms with Crippen LogP contribution in [0.15, 0.2) is 11.6 Å². The molecule has 4 aliphatic rings. The summed E-state index contributed by atoms with van der Waals surface area (Å²) in [5.41, 5.74) is 2.52. The van der Waals surface area contributed by atoms with Gasteiger partial charge in [0.25, 0.3) is 0 Å². The van der Waals surface area contributed by atoms with Crippen molar-refractivity contribution in [3.63, 3.8) is 0 Å². The highest BCUT2D eigenvalue weighted by Gasteiger charge is 2.58. The van der Waals surface area contributed by atoms with E-state index in [0.29, 0.717) is 35.2 Å². The van der Waals surface area contributed by atoms with Gasteiger partial charge in [0.2, 0.25) is 0 Å². The van der Waals surface area contributed by atoms with Crippen molar-refractivity contribution in [2.75, 3.05) is 6.61 Å². The summed E-state index contributed by atoms with van der Waals surface area (Å²) in [6.45, 7) is 9.16. The molecule has 3 fully saturated rings. The van der Waals surface area contributed by atoms with Gasteiger partial charge in [-0.2, -0.15) is 0 Å². The van der Waals surface area contributed by atoms with Crippen LogP contribution in [0.3, 0.4) is 0 Å². The number of fused-ring (bicyclic) bond motifs is 5. The Balaban J connectivity index is 1.57. The summed E-state index contributed by atoms with van der Waals surface area (Å²) in [4.78, 5) is 11.4. The molecule has 0 aromatic carbocycles. The Morgan fingerprint density at radius 1 is 1.19 bits per heavy atom. The fourth-order valence-electron chi connectivity index (χ4n) is 7.92. The molecule has 0 radical (unpaired) electrons. The van der Waals surface area contributed by atoms with Crippen molar-refractivity contribution in [3.8, 4) is 0 Å². The van der Waals surface area contributed by atoms with E-state index in [1.165, 1.54) is 32.1 Å². The number of ether oxygens (including phenoxy) is 1. The van der Waals surface area contributed by atoms with Crippen molar-refractivity contribution in [3.05, 3.63) is 11.6 Å². The fourth-order valence-corrected chi connectivity index (χ4v) is 7.92. The minimum absolute atomic E-state index is 0.126. The number of carbonyl (C=O) groups is 1. The van der Waals surface area contributed by atoms with Crippen molar-refractivity contribution in [2.24, 2.45) is 40.4 Å². The van der Waals surface area contributed by atoms with Gasteiger partial charge in [0.05, 0.1) is 0 Å². The van der Waals surface area contributed by atoms with Gasteiger partial charge in [0.15, 0.2) is 0 Å². The molecule has 8 atom stereocenters. The Morgan fingerprint density at radius 2 is 1.89 bits per heavy atom. The van der Waals surface area contributed by atoms with E-state index in [-0.39, 0.29) is 12.1 Å². The van der Waals surface area contributed by atoms with Crippen LogP contribution in [-0.2, 0) is 9.53 Å². The standard InChI is InChI=1S/C24H38O3/c1-15(14-25)20-7-8-21-19-6-5-17-13-18(27-16(2)26)9-11-23(17,3)22(19)10-12-24(20,21)4/h6,15,17-18,20-22,25H,5,7-14H2,1-4H3/t15?,17?,18-,20+,21-,22-,23-,24+/m0/s1. The molecule has 0 amide bonds. The zero-order chi connectivity index (χ0) is 19.4. The minimum Gasteiger partial charge on any atom is -0.463 e. The largest absolute Gasteiger partial charge is 0.463 e. The van der Waals surface area contributed by atoms with E-state index in [1.807, 2.05) is 0 Å². The number of esters is 1. The lowest BCUT2D eigenvalue weighted by Gasteiger charge is -2.58. The molecule has 0 heterocycles. The molecule has 0 aliphatic heterocycles. The third kappa shape index (κ3) is 2.99. The highest BCUT2D eigenvalue weighted by molar-refractivity contribution is 5.66. The maximum Gasteiger partial charge on any atom is 0.302 e. The lowest BCUT2D eigenvalue weighted by atomic mass is 9.47. The Labute approximate surface area is 164 Å². The molecule has 4 aliphatic carbocycles. The number of aliphatic hydroxyl groups excluding tert-OH is 1. The maximum atomic E-state index is 11.4. The van der Waals surface area contributed by atoms with E-state index in [9.17, 15) is 9.90 Å². The second kappa shape index (κ2) is 6.90. The number of hydrogen-bond acceptors (Lipinski definition) is 3. The molecule has 1 N–H and O–H groups in total. The van der Waals surface area contributed by atoms with Crippen LogP contribution in [-0.4, -0.2) is 23.8 Å². The highest BCUT2D eigenvalue weighted by atomic mass is 16.5. The van der Waals surface area contributed by atoms with Gasteiger partial charge in [0.1, 0.15) is 6.10 Å². The number of aliphatic hydroxyl groups is 1. The second-order valence-electron chi connectivity index (χ2n) is 10.6. The number of allylic oxidation sites excluding steroid dienone is 2. The summed E-state index contributed by atoms with van der Waals surface area (Å²) in [6, 6.07) is 0. The second-order valence-corrected chi connectivity index (χ2v) is 10.6. The van der Waals surface area contributed by atoms with Crippen LogP contribution in [0.1, 0.15) is 79.1 Å². The van der Waals surface area contributed by atoms with E-state index < -0.39 is 0 Å². The van der Waals surface area contributed by atoms with Crippen molar-refractivity contribution in [1.29, 1.82) is 0 Å². The van der Waals surface area contributed by atoms with Crippen LogP contribution in [0.2, 0.25) is 0 Å². The summed E-state index contributed by atoms with van der Waals surface area (Å²) >= 11 is 0. The predicted molar refractivity (Wildman–Crippen MR) is 107 cm³/mol. The SMILES string of the molecule is CC(=O)O[C@H]1CC[C@@]2(C)C(CC=C3[C@@H]4CC[C@H](C(C)CO)[C@@]4(C)CC[C@@H]32)C1. The van der Waals surface area contributed by atoms with Crippen LogP contribution in [0.4, 0.5) is 0 Å². The molecule has 0 spiro atoms. The van der Waals surface area contributed by atoms with Crippen LogP contribution in [0.25, 0.3) is 0 Å². The zero-order valence-corrected chi connectivity index (χ0v) is 17.7. The van der Waals surface area contributed by atoms with Crippen molar-refractivity contribution in [2.45, 2.75) is 85.2 Å². The molecule has 3 saturated carbocycles. The van der Waals surface area contributed by atoms with E-state index in [1.54, 1.807) is 12.5 Å². The average Bonchev–Trinajstić information content (AvgIpc) is 2.98. The van der Waals surface area contributed by atoms with E-state index in [2.05, 4.69) is 26.8 Å². The molecule has 0 aromatic heterocycles. The molecule has 27 heavy (non-hydrogen) atoms. The van der Waals surface area contributed by atoms with Crippen LogP contribution < -0.4 is 0 Å². The Hall–Kier alpha value is -0.830. The fraction of sp³-hybridized carbons (Fsp3) is 0.875. The molecule has 3 heteroatoms. The van der Waals surface area contributed by atoms with Gasteiger partial charge < -0.3 is 9.84 Å². The minimum atomic E-state index is -0.126. The van der Waals surface area contributed by atoms with Crippen molar-refractivity contribution >= 4 is 5.97 Å². The van der Waals surface area contributed by atoms with Crippen LogP contribution in [0.5, 0.6) is 0 Å². The first kappa shape index (κ1) is 19.5. The van der Waals surface area contributed by atoms with E-state index in [0.717, 1.165) is 31.1 Å². The van der Waals surface area contributed by atoms with Gasteiger partial charge in [-0.05, 0) is 91.8 Å². The normalized spacial score (nSPS) is 47.3. The number of hydrogen-bond donors (Lipinski definition) is 1. The third-order valence-electron chi connectivity index (χ3n) is 9.41. The van der Waals surface area contributed by atoms with Gasteiger partial charge in [-0.3, -0.25) is 4.79 Å². The van der Waals surface area contributed by atoms with Crippen LogP contribution >= 0.6 is 0 Å². The van der Waals surface area contributed by atoms with Gasteiger partial charge in [0, 0.05) is 13.5 Å². The lowest BCUT2D eigenvalue weighted by Crippen LogP contribution is -2.50. The zero-order valence-electron chi connectivity index (χ0n) is 17.7. The summed E-state index contributed by atoms with van der Waals surface area (Å²) in [5, 5.41) is 9.76. The molecule has 0 bridgehead atoms. The first-order valence-corrected chi connectivity index (χ1v) is 11.3. The molecule has 4 rings (SSSR count). The van der Waals surface area contributed by atoms with E-state index >= 15 is 0 Å². The summed E-state index contributed by atoms with van der Waals surface area (Å²) < 4.78 is 5.58. The molecule has 2 unspecified atom stereocenters. The first-order chi connectivity index (χ1) is 12.8. The van der Waals surface area contributed by atoms with Crippen LogP contribution in [0, 0.1) is 40.4 Å². The molecule has 3 nitrogen and oxygen atoms in total. The smallest absolute Gasteiger partial charge is 0.302 e. The maximum absolute atomic E-state index is 11.4. The van der Waals surface area contributed by atoms with E-state index in [4.69, 9.17) is 4.74 Å². The van der Waals surface area contributed by atoms with Crippen molar-refractivity contribution in [1.82, 2.24) is 0 Å². The number of rotatable bonds is 3. The molecular weight excluding hydrogens is 336 g/mol.